The Kier molecular flexibility index (Phi) is 2.99. The lowest BCUT2D eigenvalue weighted by molar-refractivity contribution is 0.472. The van der Waals surface area contributed by atoms with Crippen molar-refractivity contribution >= 4 is 11.8 Å². The largest absolute Gasteiger partial charge is 0.508 e. The van der Waals surface area contributed by atoms with E-state index in [0.29, 0.717) is 11.1 Å². The Hall–Kier alpha value is -0.670. The predicted molar refractivity (Wildman–Crippen MR) is 60.5 cm³/mol. The van der Waals surface area contributed by atoms with Gasteiger partial charge in [-0.05, 0) is 35.9 Å². The van der Waals surface area contributed by atoms with Gasteiger partial charge in [-0.2, -0.15) is 0 Å². The minimum atomic E-state index is 0.346. The van der Waals surface area contributed by atoms with Crippen LogP contribution in [-0.2, 0) is 0 Å². The number of hydrogen-bond acceptors (Lipinski definition) is 3. The van der Waals surface area contributed by atoms with Gasteiger partial charge in [0.05, 0.1) is 5.37 Å². The van der Waals surface area contributed by atoms with Gasteiger partial charge in [0, 0.05) is 0 Å². The number of phenolic OH excluding ortho intramolecular Hbond substituents is 1. The van der Waals surface area contributed by atoms with Crippen molar-refractivity contribution in [2.45, 2.75) is 12.3 Å². The lowest BCUT2D eigenvalue weighted by atomic mass is 10.1. The van der Waals surface area contributed by atoms with Gasteiger partial charge >= 0.3 is 0 Å². The first-order chi connectivity index (χ1) is 6.75. The monoisotopic (exact) mass is 209 g/mol. The van der Waals surface area contributed by atoms with E-state index in [-0.39, 0.29) is 0 Å². The summed E-state index contributed by atoms with van der Waals surface area (Å²) in [5.74, 6) is 2.28. The Labute approximate surface area is 88.7 Å². The molecule has 2 N–H and O–H groups in total. The van der Waals surface area contributed by atoms with Crippen LogP contribution in [0.4, 0.5) is 0 Å². The molecule has 2 nitrogen and oxygen atoms in total. The van der Waals surface area contributed by atoms with Gasteiger partial charge in [0.2, 0.25) is 0 Å². The quantitative estimate of drug-likeness (QED) is 0.744. The summed E-state index contributed by atoms with van der Waals surface area (Å²) in [6.07, 6.45) is 0. The summed E-state index contributed by atoms with van der Waals surface area (Å²) in [5, 5.41) is 13.2. The van der Waals surface area contributed by atoms with Gasteiger partial charge in [0.1, 0.15) is 5.75 Å². The average molecular weight is 209 g/mol. The van der Waals surface area contributed by atoms with Crippen molar-refractivity contribution in [2.75, 3.05) is 12.3 Å². The van der Waals surface area contributed by atoms with Crippen LogP contribution in [0.3, 0.4) is 0 Å². The van der Waals surface area contributed by atoms with E-state index >= 15 is 0 Å². The maximum Gasteiger partial charge on any atom is 0.115 e. The first kappa shape index (κ1) is 9.87. The highest BCUT2D eigenvalue weighted by molar-refractivity contribution is 7.99. The second-order valence-electron chi connectivity index (χ2n) is 3.82. The molecule has 0 bridgehead atoms. The molecule has 1 aliphatic heterocycles. The number of rotatable bonds is 1. The summed E-state index contributed by atoms with van der Waals surface area (Å²) in [5.41, 5.74) is 1.17. The molecule has 1 aliphatic rings. The van der Waals surface area contributed by atoms with Crippen LogP contribution >= 0.6 is 11.8 Å². The smallest absolute Gasteiger partial charge is 0.115 e. The van der Waals surface area contributed by atoms with Crippen molar-refractivity contribution in [3.63, 3.8) is 0 Å². The number of benzene rings is 1. The molecule has 0 amide bonds. The standard InChI is InChI=1S/C11H15NOS/c1-8-6-12-11(14-7-8)9-3-2-4-10(13)5-9/h2-5,8,11-13H,6-7H2,1H3. The Morgan fingerprint density at radius 3 is 3.00 bits per heavy atom. The third-order valence-corrected chi connectivity index (χ3v) is 3.91. The molecule has 2 atom stereocenters. The number of thioether (sulfide) groups is 1. The van der Waals surface area contributed by atoms with E-state index in [2.05, 4.69) is 18.3 Å². The second-order valence-corrected chi connectivity index (χ2v) is 4.96. The van der Waals surface area contributed by atoms with Crippen molar-refractivity contribution in [3.8, 4) is 5.75 Å². The zero-order valence-electron chi connectivity index (χ0n) is 8.23. The summed E-state index contributed by atoms with van der Waals surface area (Å²) in [6, 6.07) is 7.49. The molecule has 1 saturated heterocycles. The highest BCUT2D eigenvalue weighted by Gasteiger charge is 2.19. The van der Waals surface area contributed by atoms with Gasteiger partial charge in [0.15, 0.2) is 0 Å². The zero-order valence-corrected chi connectivity index (χ0v) is 9.05. The predicted octanol–water partition coefficient (Wildman–Crippen LogP) is 2.36. The fourth-order valence-electron chi connectivity index (χ4n) is 1.59. The van der Waals surface area contributed by atoms with Gasteiger partial charge < -0.3 is 10.4 Å². The van der Waals surface area contributed by atoms with Crippen molar-refractivity contribution in [1.82, 2.24) is 5.32 Å². The molecule has 0 aliphatic carbocycles. The highest BCUT2D eigenvalue weighted by atomic mass is 32.2. The lowest BCUT2D eigenvalue weighted by Crippen LogP contribution is -2.31. The van der Waals surface area contributed by atoms with Gasteiger partial charge in [-0.15, -0.1) is 11.8 Å². The lowest BCUT2D eigenvalue weighted by Gasteiger charge is -2.27. The summed E-state index contributed by atoms with van der Waals surface area (Å²) in [4.78, 5) is 0. The van der Waals surface area contributed by atoms with Crippen LogP contribution < -0.4 is 5.32 Å². The molecule has 0 saturated carbocycles. The van der Waals surface area contributed by atoms with E-state index in [1.54, 1.807) is 6.07 Å². The van der Waals surface area contributed by atoms with Crippen molar-refractivity contribution < 1.29 is 5.11 Å². The van der Waals surface area contributed by atoms with Crippen LogP contribution in [0.1, 0.15) is 17.9 Å². The number of hydrogen-bond donors (Lipinski definition) is 2. The first-order valence-electron chi connectivity index (χ1n) is 4.89. The van der Waals surface area contributed by atoms with E-state index in [9.17, 15) is 5.11 Å². The molecule has 0 radical (unpaired) electrons. The van der Waals surface area contributed by atoms with E-state index in [4.69, 9.17) is 0 Å². The van der Waals surface area contributed by atoms with Crippen LogP contribution in [0.5, 0.6) is 5.75 Å². The van der Waals surface area contributed by atoms with Gasteiger partial charge in [0.25, 0.3) is 0 Å². The average Bonchev–Trinajstić information content (AvgIpc) is 2.19. The second kappa shape index (κ2) is 4.24. The minimum absolute atomic E-state index is 0.346. The van der Waals surface area contributed by atoms with E-state index in [0.717, 1.165) is 12.5 Å². The van der Waals surface area contributed by atoms with Crippen LogP contribution in [0, 0.1) is 5.92 Å². The van der Waals surface area contributed by atoms with Crippen molar-refractivity contribution in [3.05, 3.63) is 29.8 Å². The molecular weight excluding hydrogens is 194 g/mol. The van der Waals surface area contributed by atoms with Crippen LogP contribution in [0.25, 0.3) is 0 Å². The topological polar surface area (TPSA) is 32.3 Å². The Balaban J connectivity index is 2.08. The third kappa shape index (κ3) is 2.22. The first-order valence-corrected chi connectivity index (χ1v) is 5.94. The molecule has 2 rings (SSSR count). The van der Waals surface area contributed by atoms with Crippen LogP contribution in [0.2, 0.25) is 0 Å². The molecule has 1 heterocycles. The molecule has 0 aromatic heterocycles. The SMILES string of the molecule is CC1CNC(c2cccc(O)c2)SC1. The maximum atomic E-state index is 9.36. The van der Waals surface area contributed by atoms with Gasteiger partial charge in [-0.25, -0.2) is 0 Å². The Morgan fingerprint density at radius 1 is 1.50 bits per heavy atom. The normalized spacial score (nSPS) is 27.5. The molecule has 3 heteroatoms. The molecule has 1 aromatic carbocycles. The number of aromatic hydroxyl groups is 1. The molecular formula is C11H15NOS. The molecule has 0 spiro atoms. The molecule has 14 heavy (non-hydrogen) atoms. The molecule has 2 unspecified atom stereocenters. The fourth-order valence-corrected chi connectivity index (χ4v) is 2.78. The van der Waals surface area contributed by atoms with Crippen molar-refractivity contribution in [2.24, 2.45) is 5.92 Å². The minimum Gasteiger partial charge on any atom is -0.508 e. The van der Waals surface area contributed by atoms with E-state index in [1.807, 2.05) is 23.9 Å². The fraction of sp³-hybridized carbons (Fsp3) is 0.455. The number of phenols is 1. The molecule has 1 fully saturated rings. The zero-order chi connectivity index (χ0) is 9.97. The summed E-state index contributed by atoms with van der Waals surface area (Å²) < 4.78 is 0. The van der Waals surface area contributed by atoms with Crippen LogP contribution in [0.15, 0.2) is 24.3 Å². The number of nitrogens with one attached hydrogen (secondary N) is 1. The maximum absolute atomic E-state index is 9.36. The summed E-state index contributed by atoms with van der Waals surface area (Å²) in [6.45, 7) is 3.31. The molecule has 76 valence electrons. The van der Waals surface area contributed by atoms with E-state index in [1.165, 1.54) is 11.3 Å². The third-order valence-electron chi connectivity index (χ3n) is 2.37. The van der Waals surface area contributed by atoms with E-state index < -0.39 is 0 Å². The molecule has 1 aromatic rings. The van der Waals surface area contributed by atoms with Crippen molar-refractivity contribution in [1.29, 1.82) is 0 Å². The van der Waals surface area contributed by atoms with Crippen LogP contribution in [-0.4, -0.2) is 17.4 Å². The summed E-state index contributed by atoms with van der Waals surface area (Å²) in [7, 11) is 0. The Morgan fingerprint density at radius 2 is 2.36 bits per heavy atom. The van der Waals surface area contributed by atoms with Gasteiger partial charge in [-0.3, -0.25) is 0 Å². The Bertz CT molecular complexity index is 308. The van der Waals surface area contributed by atoms with Gasteiger partial charge in [-0.1, -0.05) is 19.1 Å². The highest BCUT2D eigenvalue weighted by Crippen LogP contribution is 2.32. The summed E-state index contributed by atoms with van der Waals surface area (Å²) >= 11 is 1.91.